The van der Waals surface area contributed by atoms with Crippen LogP contribution in [0, 0.1) is 0 Å². The highest BCUT2D eigenvalue weighted by Gasteiger charge is 2.37. The molecule has 0 N–H and O–H groups in total. The van der Waals surface area contributed by atoms with Crippen LogP contribution in [0.15, 0.2) is 41.3 Å². The van der Waals surface area contributed by atoms with E-state index in [1.165, 1.54) is 4.90 Å². The topological polar surface area (TPSA) is 46.6 Å². The van der Waals surface area contributed by atoms with E-state index in [4.69, 9.17) is 4.74 Å². The number of allylic oxidation sites excluding steroid dienone is 2. The summed E-state index contributed by atoms with van der Waals surface area (Å²) in [6, 6.07) is 7.53. The van der Waals surface area contributed by atoms with Crippen molar-refractivity contribution < 1.29 is 14.3 Å². The van der Waals surface area contributed by atoms with Crippen molar-refractivity contribution in [1.29, 1.82) is 0 Å². The van der Waals surface area contributed by atoms with E-state index in [9.17, 15) is 9.59 Å². The summed E-state index contributed by atoms with van der Waals surface area (Å²) in [7, 11) is 1.62. The molecule has 0 aromatic heterocycles. The van der Waals surface area contributed by atoms with Gasteiger partial charge in [0.1, 0.15) is 5.75 Å². The Morgan fingerprint density at radius 3 is 2.55 bits per heavy atom. The molecule has 1 aromatic carbocycles. The minimum Gasteiger partial charge on any atom is -0.497 e. The normalized spacial score (nSPS) is 18.5. The average molecular weight is 317 g/mol. The number of carbonyl (C=O) groups is 2. The molecule has 2 rings (SSSR count). The molecule has 4 nitrogen and oxygen atoms in total. The molecule has 1 aromatic rings. The van der Waals surface area contributed by atoms with E-state index in [0.29, 0.717) is 4.91 Å². The van der Waals surface area contributed by atoms with Crippen LogP contribution in [0.2, 0.25) is 0 Å². The molecule has 1 fully saturated rings. The first-order valence-corrected chi connectivity index (χ1v) is 7.96. The number of imide groups is 1. The number of thioether (sulfide) groups is 1. The van der Waals surface area contributed by atoms with Gasteiger partial charge in [0.25, 0.3) is 11.1 Å². The van der Waals surface area contributed by atoms with Crippen LogP contribution in [-0.4, -0.2) is 29.2 Å². The Labute approximate surface area is 134 Å². The lowest BCUT2D eigenvalue weighted by Gasteiger charge is -2.19. The van der Waals surface area contributed by atoms with Crippen LogP contribution in [0.25, 0.3) is 6.08 Å². The molecule has 1 atom stereocenters. The van der Waals surface area contributed by atoms with Crippen LogP contribution in [0.5, 0.6) is 5.75 Å². The summed E-state index contributed by atoms with van der Waals surface area (Å²) in [5.74, 6) is 0.593. The van der Waals surface area contributed by atoms with E-state index in [1.54, 1.807) is 19.3 Å². The van der Waals surface area contributed by atoms with Crippen LogP contribution in [0.3, 0.4) is 0 Å². The number of methoxy groups -OCH3 is 1. The van der Waals surface area contributed by atoms with Gasteiger partial charge in [0.05, 0.1) is 12.0 Å². The van der Waals surface area contributed by atoms with E-state index in [2.05, 4.69) is 0 Å². The van der Waals surface area contributed by atoms with Gasteiger partial charge in [0.2, 0.25) is 0 Å². The molecule has 0 aliphatic carbocycles. The Morgan fingerprint density at radius 2 is 1.95 bits per heavy atom. The van der Waals surface area contributed by atoms with E-state index in [1.807, 2.05) is 44.2 Å². The van der Waals surface area contributed by atoms with E-state index in [0.717, 1.165) is 29.5 Å². The molecule has 0 bridgehead atoms. The first-order valence-electron chi connectivity index (χ1n) is 7.14. The second kappa shape index (κ2) is 7.31. The molecule has 0 unspecified atom stereocenters. The van der Waals surface area contributed by atoms with Crippen molar-refractivity contribution >= 4 is 29.0 Å². The maximum atomic E-state index is 12.2. The van der Waals surface area contributed by atoms with Crippen LogP contribution < -0.4 is 4.74 Å². The molecule has 5 heteroatoms. The Hall–Kier alpha value is -2.01. The first kappa shape index (κ1) is 16.4. The van der Waals surface area contributed by atoms with Crippen molar-refractivity contribution in [1.82, 2.24) is 4.90 Å². The van der Waals surface area contributed by atoms with Gasteiger partial charge < -0.3 is 4.74 Å². The summed E-state index contributed by atoms with van der Waals surface area (Å²) in [6.45, 7) is 3.84. The monoisotopic (exact) mass is 317 g/mol. The fourth-order valence-electron chi connectivity index (χ4n) is 2.02. The van der Waals surface area contributed by atoms with Crippen LogP contribution in [0.4, 0.5) is 4.79 Å². The zero-order valence-electron chi connectivity index (χ0n) is 12.9. The molecule has 0 saturated carbocycles. The smallest absolute Gasteiger partial charge is 0.293 e. The third-order valence-corrected chi connectivity index (χ3v) is 4.41. The molecule has 1 heterocycles. The number of hydrogen-bond donors (Lipinski definition) is 0. The molecule has 0 radical (unpaired) electrons. The third kappa shape index (κ3) is 3.60. The van der Waals surface area contributed by atoms with Crippen LogP contribution in [0.1, 0.15) is 25.8 Å². The number of ether oxygens (including phenoxy) is 1. The number of rotatable bonds is 5. The van der Waals surface area contributed by atoms with Crippen molar-refractivity contribution in [3.05, 3.63) is 46.9 Å². The van der Waals surface area contributed by atoms with Gasteiger partial charge in [-0.25, -0.2) is 0 Å². The summed E-state index contributed by atoms with van der Waals surface area (Å²) in [6.07, 6.45) is 6.12. The molecular weight excluding hydrogens is 298 g/mol. The summed E-state index contributed by atoms with van der Waals surface area (Å²) in [4.78, 5) is 25.9. The lowest BCUT2D eigenvalue weighted by Crippen LogP contribution is -2.36. The molecule has 116 valence electrons. The number of benzene rings is 1. The minimum absolute atomic E-state index is 0.0658. The van der Waals surface area contributed by atoms with Gasteiger partial charge in [-0.05, 0) is 48.9 Å². The lowest BCUT2D eigenvalue weighted by atomic mass is 10.2. The number of carbonyl (C=O) groups excluding carboxylic acids is 2. The summed E-state index contributed by atoms with van der Waals surface area (Å²) < 4.78 is 5.10. The fraction of sp³-hybridized carbons (Fsp3) is 0.294. The molecule has 1 aliphatic heterocycles. The molecule has 1 saturated heterocycles. The van der Waals surface area contributed by atoms with Gasteiger partial charge in [-0.3, -0.25) is 14.5 Å². The zero-order chi connectivity index (χ0) is 16.1. The van der Waals surface area contributed by atoms with Crippen molar-refractivity contribution in [3.8, 4) is 5.75 Å². The van der Waals surface area contributed by atoms with Crippen molar-refractivity contribution in [2.75, 3.05) is 7.11 Å². The molecule has 2 amide bonds. The number of hydrogen-bond acceptors (Lipinski definition) is 4. The first-order chi connectivity index (χ1) is 10.6. The predicted molar refractivity (Wildman–Crippen MR) is 89.7 cm³/mol. The lowest BCUT2D eigenvalue weighted by molar-refractivity contribution is -0.124. The highest BCUT2D eigenvalue weighted by Crippen LogP contribution is 2.32. The van der Waals surface area contributed by atoms with Crippen molar-refractivity contribution in [2.24, 2.45) is 0 Å². The van der Waals surface area contributed by atoms with Crippen LogP contribution in [-0.2, 0) is 4.79 Å². The summed E-state index contributed by atoms with van der Waals surface area (Å²) in [5, 5.41) is -0.191. The fourth-order valence-corrected chi connectivity index (χ4v) is 2.90. The van der Waals surface area contributed by atoms with E-state index < -0.39 is 0 Å². The van der Waals surface area contributed by atoms with Gasteiger partial charge in [-0.15, -0.1) is 0 Å². The van der Waals surface area contributed by atoms with E-state index >= 15 is 0 Å². The second-order valence-corrected chi connectivity index (χ2v) is 5.96. The molecule has 22 heavy (non-hydrogen) atoms. The largest absolute Gasteiger partial charge is 0.497 e. The highest BCUT2D eigenvalue weighted by atomic mass is 32.2. The average Bonchev–Trinajstić information content (AvgIpc) is 2.81. The second-order valence-electron chi connectivity index (χ2n) is 4.96. The predicted octanol–water partition coefficient (Wildman–Crippen LogP) is 4.09. The number of amides is 2. The Kier molecular flexibility index (Phi) is 5.44. The third-order valence-electron chi connectivity index (χ3n) is 3.51. The van der Waals surface area contributed by atoms with E-state index in [-0.39, 0.29) is 17.2 Å². The minimum atomic E-state index is -0.205. The number of nitrogens with zero attached hydrogens (tertiary/aromatic N) is 1. The molecular formula is C17H19NO3S. The zero-order valence-corrected chi connectivity index (χ0v) is 13.7. The molecule has 0 spiro atoms. The van der Waals surface area contributed by atoms with Crippen molar-refractivity contribution in [3.63, 3.8) is 0 Å². The standard InChI is InChI=1S/C17H19NO3S/c1-4-12(2)18-16(19)15(22-17(18)20)7-5-6-13-8-10-14(21-3)11-9-13/h5-12H,4H2,1-3H3/b6-5+,15-7+/t12-/m1/s1. The molecule has 1 aliphatic rings. The highest BCUT2D eigenvalue weighted by molar-refractivity contribution is 8.18. The SMILES string of the molecule is CC[C@@H](C)N1C(=O)S/C(=C/C=C/c2ccc(OC)cc2)C1=O. The quantitative estimate of drug-likeness (QED) is 0.768. The van der Waals surface area contributed by atoms with Gasteiger partial charge in [0, 0.05) is 6.04 Å². The van der Waals surface area contributed by atoms with Gasteiger partial charge in [-0.1, -0.05) is 31.2 Å². The Bertz CT molecular complexity index is 619. The van der Waals surface area contributed by atoms with Gasteiger partial charge >= 0.3 is 0 Å². The summed E-state index contributed by atoms with van der Waals surface area (Å²) >= 11 is 0.994. The maximum absolute atomic E-state index is 12.2. The summed E-state index contributed by atoms with van der Waals surface area (Å²) in [5.41, 5.74) is 0.998. The van der Waals surface area contributed by atoms with Crippen molar-refractivity contribution in [2.45, 2.75) is 26.3 Å². The van der Waals surface area contributed by atoms with Gasteiger partial charge in [-0.2, -0.15) is 0 Å². The Morgan fingerprint density at radius 1 is 1.27 bits per heavy atom. The Balaban J connectivity index is 2.08. The van der Waals surface area contributed by atoms with Crippen LogP contribution >= 0.6 is 11.8 Å². The maximum Gasteiger partial charge on any atom is 0.293 e. The van der Waals surface area contributed by atoms with Gasteiger partial charge in [0.15, 0.2) is 0 Å².